The van der Waals surface area contributed by atoms with Gasteiger partial charge in [-0.2, -0.15) is 0 Å². The number of carbonyl (C=O) groups excluding carboxylic acids is 2. The average Bonchev–Trinajstić information content (AvgIpc) is 2.91. The summed E-state index contributed by atoms with van der Waals surface area (Å²) in [7, 11) is 0. The maximum atomic E-state index is 14.1. The molecule has 0 bridgehead atoms. The highest BCUT2D eigenvalue weighted by Crippen LogP contribution is 2.22. The van der Waals surface area contributed by atoms with E-state index in [1.807, 2.05) is 30.3 Å². The number of likely N-dealkylation sites (tertiary alicyclic amines) is 1. The van der Waals surface area contributed by atoms with Gasteiger partial charge in [-0.05, 0) is 26.3 Å². The number of benzene rings is 1. The molecule has 0 aromatic heterocycles. The first-order valence-corrected chi connectivity index (χ1v) is 8.31. The largest absolute Gasteiger partial charge is 0.445 e. The predicted octanol–water partition coefficient (Wildman–Crippen LogP) is 3.12. The van der Waals surface area contributed by atoms with Crippen molar-refractivity contribution >= 4 is 12.2 Å². The first kappa shape index (κ1) is 19.0. The van der Waals surface area contributed by atoms with Crippen LogP contribution in [0.3, 0.4) is 0 Å². The zero-order valence-corrected chi connectivity index (χ0v) is 14.8. The molecular formula is C18H25FN2O4. The van der Waals surface area contributed by atoms with Crippen LogP contribution in [-0.4, -0.2) is 48.5 Å². The number of nitrogens with one attached hydrogen (secondary N) is 1. The van der Waals surface area contributed by atoms with Crippen LogP contribution in [0.15, 0.2) is 30.3 Å². The highest BCUT2D eigenvalue weighted by Gasteiger charge is 2.37. The van der Waals surface area contributed by atoms with Crippen LogP contribution in [0.2, 0.25) is 0 Å². The third-order valence-electron chi connectivity index (χ3n) is 3.73. The molecule has 2 rings (SSSR count). The summed E-state index contributed by atoms with van der Waals surface area (Å²) in [6.07, 6.45) is -2.35. The lowest BCUT2D eigenvalue weighted by atomic mass is 10.1. The van der Waals surface area contributed by atoms with Crippen molar-refractivity contribution in [1.82, 2.24) is 10.2 Å². The second-order valence-electron chi connectivity index (χ2n) is 7.10. The van der Waals surface area contributed by atoms with Crippen LogP contribution in [-0.2, 0) is 16.1 Å². The van der Waals surface area contributed by atoms with E-state index >= 15 is 0 Å². The van der Waals surface area contributed by atoms with E-state index < -0.39 is 29.9 Å². The molecule has 1 unspecified atom stereocenters. The Bertz CT molecular complexity index is 588. The Morgan fingerprint density at radius 1 is 1.24 bits per heavy atom. The number of amides is 2. The lowest BCUT2D eigenvalue weighted by Crippen LogP contribution is -2.36. The number of halogens is 1. The highest BCUT2D eigenvalue weighted by atomic mass is 19.1. The number of hydrogen-bond acceptors (Lipinski definition) is 4. The smallest absolute Gasteiger partial charge is 0.410 e. The van der Waals surface area contributed by atoms with Crippen LogP contribution >= 0.6 is 0 Å². The van der Waals surface area contributed by atoms with E-state index in [4.69, 9.17) is 9.47 Å². The summed E-state index contributed by atoms with van der Waals surface area (Å²) in [5.41, 5.74) is 0.249. The number of alkyl carbamates (subject to hydrolysis) is 1. The van der Waals surface area contributed by atoms with Crippen molar-refractivity contribution in [2.24, 2.45) is 5.92 Å². The molecule has 1 heterocycles. The van der Waals surface area contributed by atoms with E-state index in [1.54, 1.807) is 20.8 Å². The third-order valence-corrected chi connectivity index (χ3v) is 3.73. The lowest BCUT2D eigenvalue weighted by Gasteiger charge is -2.24. The Labute approximate surface area is 147 Å². The first-order valence-electron chi connectivity index (χ1n) is 8.31. The molecule has 25 heavy (non-hydrogen) atoms. The van der Waals surface area contributed by atoms with Gasteiger partial charge in [-0.3, -0.25) is 0 Å². The second kappa shape index (κ2) is 8.18. The van der Waals surface area contributed by atoms with Gasteiger partial charge in [0.15, 0.2) is 0 Å². The van der Waals surface area contributed by atoms with Crippen molar-refractivity contribution in [2.45, 2.75) is 39.2 Å². The molecule has 2 atom stereocenters. The summed E-state index contributed by atoms with van der Waals surface area (Å²) < 4.78 is 24.4. The molecule has 1 fully saturated rings. The van der Waals surface area contributed by atoms with Gasteiger partial charge in [0.05, 0.1) is 6.54 Å². The minimum Gasteiger partial charge on any atom is -0.445 e. The lowest BCUT2D eigenvalue weighted by molar-refractivity contribution is 0.0281. The van der Waals surface area contributed by atoms with Crippen LogP contribution in [0, 0.1) is 5.92 Å². The van der Waals surface area contributed by atoms with E-state index in [2.05, 4.69) is 5.32 Å². The van der Waals surface area contributed by atoms with E-state index in [0.29, 0.717) is 0 Å². The molecule has 1 aliphatic rings. The monoisotopic (exact) mass is 352 g/mol. The van der Waals surface area contributed by atoms with Crippen LogP contribution in [0.1, 0.15) is 26.3 Å². The summed E-state index contributed by atoms with van der Waals surface area (Å²) in [5, 5.41) is 2.55. The van der Waals surface area contributed by atoms with Gasteiger partial charge in [-0.1, -0.05) is 30.3 Å². The zero-order chi connectivity index (χ0) is 18.4. The van der Waals surface area contributed by atoms with Gasteiger partial charge >= 0.3 is 12.2 Å². The molecule has 1 aromatic rings. The fourth-order valence-corrected chi connectivity index (χ4v) is 2.49. The number of carbonyl (C=O) groups is 2. The van der Waals surface area contributed by atoms with Crippen molar-refractivity contribution < 1.29 is 23.5 Å². The molecule has 7 heteroatoms. The van der Waals surface area contributed by atoms with Crippen LogP contribution in [0.5, 0.6) is 0 Å². The molecule has 1 saturated heterocycles. The van der Waals surface area contributed by atoms with Crippen LogP contribution < -0.4 is 5.32 Å². The van der Waals surface area contributed by atoms with Gasteiger partial charge < -0.3 is 19.7 Å². The van der Waals surface area contributed by atoms with E-state index in [9.17, 15) is 14.0 Å². The molecule has 1 N–H and O–H groups in total. The third kappa shape index (κ3) is 6.25. The SMILES string of the molecule is CC(C)(C)OC(=O)N1CC(CNC(=O)OCc2ccccc2)[C@@H](F)C1. The molecule has 1 aromatic carbocycles. The van der Waals surface area contributed by atoms with Gasteiger partial charge in [-0.25, -0.2) is 14.0 Å². The van der Waals surface area contributed by atoms with Gasteiger partial charge in [-0.15, -0.1) is 0 Å². The second-order valence-corrected chi connectivity index (χ2v) is 7.10. The molecule has 1 aliphatic heterocycles. The zero-order valence-electron chi connectivity index (χ0n) is 14.8. The molecular weight excluding hydrogens is 327 g/mol. The number of rotatable bonds is 4. The van der Waals surface area contributed by atoms with Crippen molar-refractivity contribution in [3.8, 4) is 0 Å². The number of hydrogen-bond donors (Lipinski definition) is 1. The summed E-state index contributed by atoms with van der Waals surface area (Å²) >= 11 is 0. The topological polar surface area (TPSA) is 67.9 Å². The summed E-state index contributed by atoms with van der Waals surface area (Å²) in [4.78, 5) is 25.0. The number of nitrogens with zero attached hydrogens (tertiary/aromatic N) is 1. The van der Waals surface area contributed by atoms with Crippen LogP contribution in [0.25, 0.3) is 0 Å². The number of ether oxygens (including phenoxy) is 2. The molecule has 0 aliphatic carbocycles. The molecule has 6 nitrogen and oxygen atoms in total. The fraction of sp³-hybridized carbons (Fsp3) is 0.556. The summed E-state index contributed by atoms with van der Waals surface area (Å²) in [5.74, 6) is -0.475. The molecule has 138 valence electrons. The Balaban J connectivity index is 1.73. The summed E-state index contributed by atoms with van der Waals surface area (Å²) in [6.45, 7) is 5.71. The fourth-order valence-electron chi connectivity index (χ4n) is 2.49. The normalized spacial score (nSPS) is 20.2. The molecule has 0 radical (unpaired) electrons. The Morgan fingerprint density at radius 2 is 1.92 bits per heavy atom. The Morgan fingerprint density at radius 3 is 2.56 bits per heavy atom. The van der Waals surface area contributed by atoms with Gasteiger partial charge in [0, 0.05) is 19.0 Å². The quantitative estimate of drug-likeness (QED) is 0.904. The standard InChI is InChI=1S/C18H25FN2O4/c1-18(2,3)25-17(23)21-10-14(15(19)11-21)9-20-16(22)24-12-13-7-5-4-6-8-13/h4-8,14-15H,9-12H2,1-3H3,(H,20,22)/t14?,15-/m0/s1. The van der Waals surface area contributed by atoms with E-state index in [0.717, 1.165) is 5.56 Å². The predicted molar refractivity (Wildman–Crippen MR) is 90.8 cm³/mol. The van der Waals surface area contributed by atoms with Gasteiger partial charge in [0.25, 0.3) is 0 Å². The van der Waals surface area contributed by atoms with Crippen LogP contribution in [0.4, 0.5) is 14.0 Å². The van der Waals surface area contributed by atoms with Crippen molar-refractivity contribution in [2.75, 3.05) is 19.6 Å². The van der Waals surface area contributed by atoms with Crippen molar-refractivity contribution in [3.63, 3.8) is 0 Å². The Kier molecular flexibility index (Phi) is 6.22. The first-order chi connectivity index (χ1) is 11.7. The van der Waals surface area contributed by atoms with E-state index in [1.165, 1.54) is 4.90 Å². The van der Waals surface area contributed by atoms with Gasteiger partial charge in [0.1, 0.15) is 18.4 Å². The average molecular weight is 352 g/mol. The Hall–Kier alpha value is -2.31. The molecule has 2 amide bonds. The van der Waals surface area contributed by atoms with Crippen molar-refractivity contribution in [3.05, 3.63) is 35.9 Å². The minimum atomic E-state index is -1.21. The van der Waals surface area contributed by atoms with E-state index in [-0.39, 0.29) is 26.2 Å². The maximum Gasteiger partial charge on any atom is 0.410 e. The molecule has 0 spiro atoms. The molecule has 0 saturated carbocycles. The van der Waals surface area contributed by atoms with Crippen molar-refractivity contribution in [1.29, 1.82) is 0 Å². The summed E-state index contributed by atoms with van der Waals surface area (Å²) in [6, 6.07) is 9.28. The highest BCUT2D eigenvalue weighted by molar-refractivity contribution is 5.69. The maximum absolute atomic E-state index is 14.1. The number of alkyl halides is 1. The van der Waals surface area contributed by atoms with Gasteiger partial charge in [0.2, 0.25) is 0 Å². The minimum absolute atomic E-state index is 0.0275.